The minimum absolute atomic E-state index is 0.0224. The first-order valence-electron chi connectivity index (χ1n) is 7.70. The van der Waals surface area contributed by atoms with Crippen LogP contribution in [0.3, 0.4) is 0 Å². The molecule has 120 valence electrons. The maximum atomic E-state index is 12.9. The Morgan fingerprint density at radius 3 is 2.65 bits per heavy atom. The summed E-state index contributed by atoms with van der Waals surface area (Å²) in [5.74, 6) is 1.01. The number of thiophene rings is 1. The fraction of sp³-hybridized carbons (Fsp3) is 0.333. The number of aromatic nitrogens is 2. The lowest BCUT2D eigenvalue weighted by Crippen LogP contribution is -2.27. The van der Waals surface area contributed by atoms with Crippen LogP contribution in [-0.2, 0) is 11.3 Å². The molecule has 0 aliphatic carbocycles. The van der Waals surface area contributed by atoms with Crippen LogP contribution in [0.1, 0.15) is 25.6 Å². The summed E-state index contributed by atoms with van der Waals surface area (Å²) in [4.78, 5) is 19.5. The van der Waals surface area contributed by atoms with Gasteiger partial charge in [0.15, 0.2) is 0 Å². The quantitative estimate of drug-likeness (QED) is 0.713. The smallest absolute Gasteiger partial charge is 0.262 e. The Hall–Kier alpha value is -1.98. The summed E-state index contributed by atoms with van der Waals surface area (Å²) in [5.41, 5.74) is 1.14. The third-order valence-corrected chi connectivity index (χ3v) is 4.85. The largest absolute Gasteiger partial charge is 0.383 e. The fourth-order valence-corrected chi connectivity index (χ4v) is 3.65. The number of rotatable bonds is 5. The van der Waals surface area contributed by atoms with Gasteiger partial charge in [0, 0.05) is 17.9 Å². The lowest BCUT2D eigenvalue weighted by atomic mass is 10.1. The van der Waals surface area contributed by atoms with E-state index < -0.39 is 0 Å². The molecule has 2 aromatic heterocycles. The molecule has 0 saturated carbocycles. The zero-order valence-corrected chi connectivity index (χ0v) is 14.4. The van der Waals surface area contributed by atoms with E-state index in [0.29, 0.717) is 18.5 Å². The van der Waals surface area contributed by atoms with E-state index in [1.54, 1.807) is 23.0 Å². The monoisotopic (exact) mass is 328 g/mol. The van der Waals surface area contributed by atoms with Gasteiger partial charge in [-0.05, 0) is 11.6 Å². The van der Waals surface area contributed by atoms with Gasteiger partial charge in [0.25, 0.3) is 5.56 Å². The number of fused-ring (bicyclic) bond motifs is 1. The molecule has 5 heteroatoms. The lowest BCUT2D eigenvalue weighted by Gasteiger charge is -2.14. The predicted octanol–water partition coefficient (Wildman–Crippen LogP) is 3.89. The summed E-state index contributed by atoms with van der Waals surface area (Å²) in [6.45, 7) is 5.15. The standard InChI is InChI=1S/C18H20N2O2S/c1-12(2)16-19-17-14(18(21)20(16)9-10-22-3)11-15(23-17)13-7-5-4-6-8-13/h4-8,11-12H,9-10H2,1-3H3. The molecule has 0 aliphatic heterocycles. The summed E-state index contributed by atoms with van der Waals surface area (Å²) >= 11 is 1.57. The number of hydrogen-bond donors (Lipinski definition) is 0. The average Bonchev–Trinajstić information content (AvgIpc) is 2.99. The second-order valence-corrected chi connectivity index (χ2v) is 6.80. The van der Waals surface area contributed by atoms with E-state index in [2.05, 4.69) is 26.0 Å². The van der Waals surface area contributed by atoms with Gasteiger partial charge in [-0.15, -0.1) is 11.3 Å². The number of benzene rings is 1. The van der Waals surface area contributed by atoms with Crippen LogP contribution < -0.4 is 5.56 Å². The van der Waals surface area contributed by atoms with Gasteiger partial charge in [-0.3, -0.25) is 9.36 Å². The molecule has 1 aromatic carbocycles. The first-order valence-corrected chi connectivity index (χ1v) is 8.52. The highest BCUT2D eigenvalue weighted by Crippen LogP contribution is 2.31. The molecule has 0 fully saturated rings. The Kier molecular flexibility index (Phi) is 4.59. The number of nitrogens with zero attached hydrogens (tertiary/aromatic N) is 2. The van der Waals surface area contributed by atoms with Crippen LogP contribution in [-0.4, -0.2) is 23.3 Å². The SMILES string of the molecule is COCCn1c(C(C)C)nc2sc(-c3ccccc3)cc2c1=O. The summed E-state index contributed by atoms with van der Waals surface area (Å²) < 4.78 is 6.89. The van der Waals surface area contributed by atoms with Gasteiger partial charge < -0.3 is 4.74 Å². The zero-order valence-electron chi connectivity index (χ0n) is 13.6. The molecule has 0 spiro atoms. The highest BCUT2D eigenvalue weighted by Gasteiger charge is 2.16. The molecule has 0 radical (unpaired) electrons. The van der Waals surface area contributed by atoms with Gasteiger partial charge >= 0.3 is 0 Å². The Labute approximate surface area is 139 Å². The Morgan fingerprint density at radius 1 is 1.26 bits per heavy atom. The van der Waals surface area contributed by atoms with Crippen LogP contribution in [0.2, 0.25) is 0 Å². The predicted molar refractivity (Wildman–Crippen MR) is 95.3 cm³/mol. The molecule has 2 heterocycles. The molecule has 23 heavy (non-hydrogen) atoms. The van der Waals surface area contributed by atoms with Crippen LogP contribution in [0.5, 0.6) is 0 Å². The van der Waals surface area contributed by atoms with Gasteiger partial charge in [-0.1, -0.05) is 44.2 Å². The Morgan fingerprint density at radius 2 is 2.00 bits per heavy atom. The van der Waals surface area contributed by atoms with Crippen molar-refractivity contribution < 1.29 is 4.74 Å². The van der Waals surface area contributed by atoms with E-state index >= 15 is 0 Å². The van der Waals surface area contributed by atoms with E-state index in [-0.39, 0.29) is 11.5 Å². The summed E-state index contributed by atoms with van der Waals surface area (Å²) in [6.07, 6.45) is 0. The molecule has 0 aliphatic rings. The summed E-state index contributed by atoms with van der Waals surface area (Å²) in [6, 6.07) is 12.1. The van der Waals surface area contributed by atoms with Crippen LogP contribution in [0.4, 0.5) is 0 Å². The van der Waals surface area contributed by atoms with Crippen molar-refractivity contribution in [1.82, 2.24) is 9.55 Å². The molecule has 3 aromatic rings. The van der Waals surface area contributed by atoms with Gasteiger partial charge in [0.05, 0.1) is 18.5 Å². The van der Waals surface area contributed by atoms with Crippen molar-refractivity contribution >= 4 is 21.6 Å². The average molecular weight is 328 g/mol. The van der Waals surface area contributed by atoms with E-state index in [4.69, 9.17) is 9.72 Å². The van der Waals surface area contributed by atoms with Crippen molar-refractivity contribution in [1.29, 1.82) is 0 Å². The molecule has 4 nitrogen and oxygen atoms in total. The maximum absolute atomic E-state index is 12.9. The second kappa shape index (κ2) is 6.64. The minimum Gasteiger partial charge on any atom is -0.383 e. The molecular formula is C18H20N2O2S. The number of hydrogen-bond acceptors (Lipinski definition) is 4. The summed E-state index contributed by atoms with van der Waals surface area (Å²) in [5, 5.41) is 0.689. The van der Waals surface area contributed by atoms with E-state index in [1.807, 2.05) is 24.3 Å². The van der Waals surface area contributed by atoms with E-state index in [9.17, 15) is 4.79 Å². The van der Waals surface area contributed by atoms with Crippen molar-refractivity contribution in [3.05, 3.63) is 52.6 Å². The van der Waals surface area contributed by atoms with Crippen LogP contribution >= 0.6 is 11.3 Å². The summed E-state index contributed by atoms with van der Waals surface area (Å²) in [7, 11) is 1.64. The molecule has 0 unspecified atom stereocenters. The van der Waals surface area contributed by atoms with E-state index in [0.717, 1.165) is 21.1 Å². The zero-order chi connectivity index (χ0) is 16.4. The fourth-order valence-electron chi connectivity index (χ4n) is 2.62. The maximum Gasteiger partial charge on any atom is 0.262 e. The first kappa shape index (κ1) is 15.9. The second-order valence-electron chi connectivity index (χ2n) is 5.77. The van der Waals surface area contributed by atoms with E-state index in [1.165, 1.54) is 0 Å². The van der Waals surface area contributed by atoms with Crippen molar-refractivity contribution in [2.45, 2.75) is 26.3 Å². The molecule has 0 N–H and O–H groups in total. The normalized spacial score (nSPS) is 11.5. The minimum atomic E-state index is 0.0224. The van der Waals surface area contributed by atoms with Crippen molar-refractivity contribution in [2.24, 2.45) is 0 Å². The highest BCUT2D eigenvalue weighted by molar-refractivity contribution is 7.21. The van der Waals surface area contributed by atoms with Crippen LogP contribution in [0.25, 0.3) is 20.7 Å². The topological polar surface area (TPSA) is 44.1 Å². The third-order valence-electron chi connectivity index (χ3n) is 3.77. The van der Waals surface area contributed by atoms with Crippen molar-refractivity contribution in [3.63, 3.8) is 0 Å². The first-order chi connectivity index (χ1) is 11.1. The lowest BCUT2D eigenvalue weighted by molar-refractivity contribution is 0.184. The van der Waals surface area contributed by atoms with Gasteiger partial charge in [-0.2, -0.15) is 0 Å². The Bertz CT molecular complexity index is 866. The van der Waals surface area contributed by atoms with Gasteiger partial charge in [0.2, 0.25) is 0 Å². The van der Waals surface area contributed by atoms with Gasteiger partial charge in [-0.25, -0.2) is 4.98 Å². The van der Waals surface area contributed by atoms with Crippen LogP contribution in [0.15, 0.2) is 41.2 Å². The number of methoxy groups -OCH3 is 1. The highest BCUT2D eigenvalue weighted by atomic mass is 32.1. The molecule has 0 bridgehead atoms. The van der Waals surface area contributed by atoms with Crippen molar-refractivity contribution in [3.8, 4) is 10.4 Å². The third kappa shape index (κ3) is 3.07. The molecule has 0 saturated heterocycles. The molecular weight excluding hydrogens is 308 g/mol. The number of ether oxygens (including phenoxy) is 1. The van der Waals surface area contributed by atoms with Gasteiger partial charge in [0.1, 0.15) is 10.7 Å². The molecule has 0 amide bonds. The van der Waals surface area contributed by atoms with Crippen LogP contribution in [0, 0.1) is 0 Å². The Balaban J connectivity index is 2.19. The van der Waals surface area contributed by atoms with Crippen molar-refractivity contribution in [2.75, 3.05) is 13.7 Å². The molecule has 3 rings (SSSR count). The molecule has 0 atom stereocenters.